The molecule has 2 N–H and O–H groups in total. The molecule has 0 spiro atoms. The minimum Gasteiger partial charge on any atom is -0.477 e. The summed E-state index contributed by atoms with van der Waals surface area (Å²) in [7, 11) is 1.58. The summed E-state index contributed by atoms with van der Waals surface area (Å²) in [5.41, 5.74) is -0.967. The van der Waals surface area contributed by atoms with Gasteiger partial charge in [0.1, 0.15) is 0 Å². The van der Waals surface area contributed by atoms with Gasteiger partial charge in [-0.3, -0.25) is 4.79 Å². The highest BCUT2D eigenvalue weighted by Crippen LogP contribution is 2.30. The largest absolute Gasteiger partial charge is 0.477 e. The maximum atomic E-state index is 12.1. The molecule has 1 unspecified atom stereocenters. The second-order valence-corrected chi connectivity index (χ2v) is 5.27. The van der Waals surface area contributed by atoms with Crippen LogP contribution in [-0.4, -0.2) is 58.0 Å². The van der Waals surface area contributed by atoms with E-state index < -0.39 is 17.7 Å². The lowest BCUT2D eigenvalue weighted by Gasteiger charge is -2.29. The predicted octanol–water partition coefficient (Wildman–Crippen LogP) is -0.0206. The first-order valence-electron chi connectivity index (χ1n) is 6.35. The van der Waals surface area contributed by atoms with E-state index in [1.807, 2.05) is 0 Å². The number of carbonyl (C=O) groups is 2. The molecule has 0 bridgehead atoms. The first-order valence-corrected chi connectivity index (χ1v) is 6.35. The van der Waals surface area contributed by atoms with E-state index in [2.05, 4.69) is 5.16 Å². The summed E-state index contributed by atoms with van der Waals surface area (Å²) in [6.45, 7) is 0.244. The molecule has 1 atom stereocenters. The van der Waals surface area contributed by atoms with E-state index in [1.54, 1.807) is 7.05 Å². The number of carboxylic acids is 1. The number of nitrogens with zero attached hydrogens (tertiary/aromatic N) is 2. The van der Waals surface area contributed by atoms with Crippen molar-refractivity contribution >= 4 is 17.6 Å². The molecule has 0 saturated heterocycles. The average Bonchev–Trinajstić information content (AvgIpc) is 2.97. The van der Waals surface area contributed by atoms with Gasteiger partial charge in [-0.05, 0) is 12.8 Å². The highest BCUT2D eigenvalue weighted by Gasteiger charge is 2.38. The number of oxime groups is 1. The van der Waals surface area contributed by atoms with E-state index in [0.717, 1.165) is 12.8 Å². The lowest BCUT2D eigenvalue weighted by molar-refractivity contribution is -0.143. The first-order chi connectivity index (χ1) is 8.91. The van der Waals surface area contributed by atoms with E-state index in [-0.39, 0.29) is 24.6 Å². The van der Waals surface area contributed by atoms with Crippen LogP contribution in [0.2, 0.25) is 0 Å². The van der Waals surface area contributed by atoms with Gasteiger partial charge in [0.05, 0.1) is 5.60 Å². The highest BCUT2D eigenvalue weighted by atomic mass is 16.6. The Morgan fingerprint density at radius 3 is 2.63 bits per heavy atom. The molecule has 1 aliphatic carbocycles. The molecule has 0 aromatic carbocycles. The summed E-state index contributed by atoms with van der Waals surface area (Å²) < 4.78 is 0. The smallest absolute Gasteiger partial charge is 0.353 e. The number of hydrogen-bond donors (Lipinski definition) is 2. The third-order valence-electron chi connectivity index (χ3n) is 3.63. The van der Waals surface area contributed by atoms with Gasteiger partial charge in [-0.15, -0.1) is 0 Å². The highest BCUT2D eigenvalue weighted by molar-refractivity contribution is 6.36. The van der Waals surface area contributed by atoms with Crippen LogP contribution in [-0.2, 0) is 14.4 Å². The van der Waals surface area contributed by atoms with Crippen LogP contribution in [0.5, 0.6) is 0 Å². The van der Waals surface area contributed by atoms with Gasteiger partial charge in [-0.2, -0.15) is 0 Å². The van der Waals surface area contributed by atoms with Crippen LogP contribution >= 0.6 is 0 Å². The number of rotatable bonds is 4. The fraction of sp³-hybridized carbons (Fsp3) is 0.750. The summed E-state index contributed by atoms with van der Waals surface area (Å²) in [6, 6.07) is 0. The molecule has 1 aliphatic heterocycles. The molecule has 7 nitrogen and oxygen atoms in total. The Bertz CT molecular complexity index is 414. The summed E-state index contributed by atoms with van der Waals surface area (Å²) in [5, 5.41) is 22.4. The number of amides is 1. The summed E-state index contributed by atoms with van der Waals surface area (Å²) in [5.74, 6) is -1.52. The Morgan fingerprint density at radius 2 is 2.11 bits per heavy atom. The van der Waals surface area contributed by atoms with Crippen molar-refractivity contribution in [3.05, 3.63) is 0 Å². The van der Waals surface area contributed by atoms with Crippen molar-refractivity contribution in [1.82, 2.24) is 4.90 Å². The van der Waals surface area contributed by atoms with Crippen molar-refractivity contribution in [2.24, 2.45) is 5.16 Å². The second kappa shape index (κ2) is 5.16. The molecule has 0 aromatic rings. The monoisotopic (exact) mass is 270 g/mol. The SMILES string of the molecule is CN(CC1(O)CCCC1)C(=O)C1CC(C(=O)O)=NO1. The van der Waals surface area contributed by atoms with E-state index in [1.165, 1.54) is 4.90 Å². The molecule has 2 aliphatic rings. The van der Waals surface area contributed by atoms with Gasteiger partial charge in [0, 0.05) is 20.0 Å². The lowest BCUT2D eigenvalue weighted by atomic mass is 10.0. The van der Waals surface area contributed by atoms with Crippen molar-refractivity contribution < 1.29 is 24.6 Å². The third kappa shape index (κ3) is 3.04. The lowest BCUT2D eigenvalue weighted by Crippen LogP contribution is -2.45. The Morgan fingerprint density at radius 1 is 1.47 bits per heavy atom. The number of aliphatic carboxylic acids is 1. The topological polar surface area (TPSA) is 99.4 Å². The molecule has 1 heterocycles. The van der Waals surface area contributed by atoms with Gasteiger partial charge in [-0.1, -0.05) is 18.0 Å². The molecule has 19 heavy (non-hydrogen) atoms. The number of aliphatic hydroxyl groups is 1. The number of carbonyl (C=O) groups excluding carboxylic acids is 1. The van der Waals surface area contributed by atoms with Crippen molar-refractivity contribution in [3.63, 3.8) is 0 Å². The molecule has 7 heteroatoms. The molecule has 106 valence electrons. The van der Waals surface area contributed by atoms with Crippen LogP contribution in [0.25, 0.3) is 0 Å². The molecule has 1 saturated carbocycles. The second-order valence-electron chi connectivity index (χ2n) is 5.27. The number of likely N-dealkylation sites (N-methyl/N-ethyl adjacent to an activating group) is 1. The molecule has 0 aromatic heterocycles. The van der Waals surface area contributed by atoms with Crippen LogP contribution in [0, 0.1) is 0 Å². The zero-order chi connectivity index (χ0) is 14.0. The van der Waals surface area contributed by atoms with Gasteiger partial charge in [0.15, 0.2) is 5.71 Å². The number of hydrogen-bond acceptors (Lipinski definition) is 5. The molecular formula is C12H18N2O5. The summed E-state index contributed by atoms with van der Waals surface area (Å²) in [6.07, 6.45) is 2.38. The molecule has 0 radical (unpaired) electrons. The predicted molar refractivity (Wildman–Crippen MR) is 65.6 cm³/mol. The third-order valence-corrected chi connectivity index (χ3v) is 3.63. The van der Waals surface area contributed by atoms with Crippen molar-refractivity contribution in [3.8, 4) is 0 Å². The van der Waals surface area contributed by atoms with E-state index in [4.69, 9.17) is 9.94 Å². The van der Waals surface area contributed by atoms with E-state index >= 15 is 0 Å². The van der Waals surface area contributed by atoms with E-state index in [0.29, 0.717) is 12.8 Å². The van der Waals surface area contributed by atoms with Crippen molar-refractivity contribution in [2.75, 3.05) is 13.6 Å². The molecular weight excluding hydrogens is 252 g/mol. The van der Waals surface area contributed by atoms with Crippen LogP contribution in [0.4, 0.5) is 0 Å². The zero-order valence-electron chi connectivity index (χ0n) is 10.8. The molecule has 1 amide bonds. The Balaban J connectivity index is 1.88. The minimum absolute atomic E-state index is 0.0308. The van der Waals surface area contributed by atoms with Gasteiger partial charge < -0.3 is 20.0 Å². The van der Waals surface area contributed by atoms with Crippen molar-refractivity contribution in [2.45, 2.75) is 43.8 Å². The van der Waals surface area contributed by atoms with Crippen LogP contribution in [0.3, 0.4) is 0 Å². The normalized spacial score (nSPS) is 24.7. The van der Waals surface area contributed by atoms with E-state index in [9.17, 15) is 14.7 Å². The standard InChI is InChI=1S/C12H18N2O5/c1-14(7-12(18)4-2-3-5-12)10(15)9-6-8(11(16)17)13-19-9/h9,18H,2-7H2,1H3,(H,16,17). The maximum absolute atomic E-state index is 12.1. The minimum atomic E-state index is -1.17. The van der Waals surface area contributed by atoms with Crippen molar-refractivity contribution in [1.29, 1.82) is 0 Å². The summed E-state index contributed by atoms with van der Waals surface area (Å²) in [4.78, 5) is 29.0. The average molecular weight is 270 g/mol. The van der Waals surface area contributed by atoms with Gasteiger partial charge in [0.2, 0.25) is 6.10 Å². The molecule has 1 fully saturated rings. The van der Waals surface area contributed by atoms with Crippen LogP contribution in [0.15, 0.2) is 5.16 Å². The Kier molecular flexibility index (Phi) is 3.75. The number of carboxylic acid groups (broad SMARTS) is 1. The maximum Gasteiger partial charge on any atom is 0.353 e. The van der Waals surface area contributed by atoms with Gasteiger partial charge >= 0.3 is 5.97 Å². The van der Waals surface area contributed by atoms with Gasteiger partial charge in [0.25, 0.3) is 5.91 Å². The van der Waals surface area contributed by atoms with Gasteiger partial charge in [-0.25, -0.2) is 4.79 Å². The van der Waals surface area contributed by atoms with Crippen LogP contribution < -0.4 is 0 Å². The Hall–Kier alpha value is -1.63. The zero-order valence-corrected chi connectivity index (χ0v) is 10.8. The fourth-order valence-electron chi connectivity index (χ4n) is 2.59. The Labute approximate surface area is 110 Å². The first kappa shape index (κ1) is 13.8. The summed E-state index contributed by atoms with van der Waals surface area (Å²) >= 11 is 0. The van der Waals surface area contributed by atoms with Crippen LogP contribution in [0.1, 0.15) is 32.1 Å². The quantitative estimate of drug-likeness (QED) is 0.748. The molecule has 2 rings (SSSR count). The fourth-order valence-corrected chi connectivity index (χ4v) is 2.59.